The van der Waals surface area contributed by atoms with Crippen molar-refractivity contribution in [3.63, 3.8) is 0 Å². The Hall–Kier alpha value is -1.68. The molecule has 2 aromatic rings. The van der Waals surface area contributed by atoms with Gasteiger partial charge in [-0.1, -0.05) is 0 Å². The standard InChI is InChI=1S/C10H4ClFO3/c11-10(14)9-4-7(13)6-3-5(12)1-2-8(6)15-9/h1-4H. The fourth-order valence-corrected chi connectivity index (χ4v) is 1.32. The van der Waals surface area contributed by atoms with Gasteiger partial charge >= 0.3 is 0 Å². The van der Waals surface area contributed by atoms with Gasteiger partial charge in [-0.25, -0.2) is 4.39 Å². The average Bonchev–Trinajstić information content (AvgIpc) is 2.18. The van der Waals surface area contributed by atoms with Crippen LogP contribution in [0.25, 0.3) is 11.0 Å². The van der Waals surface area contributed by atoms with Crippen molar-refractivity contribution in [1.29, 1.82) is 0 Å². The van der Waals surface area contributed by atoms with E-state index < -0.39 is 16.5 Å². The first kappa shape index (κ1) is 9.86. The van der Waals surface area contributed by atoms with E-state index in [2.05, 4.69) is 0 Å². The van der Waals surface area contributed by atoms with Gasteiger partial charge in [0, 0.05) is 6.07 Å². The van der Waals surface area contributed by atoms with Gasteiger partial charge in [0.05, 0.1) is 5.39 Å². The maximum absolute atomic E-state index is 12.8. The van der Waals surface area contributed by atoms with Gasteiger partial charge in [0.25, 0.3) is 5.24 Å². The number of carbonyl (C=O) groups excluding carboxylic acids is 1. The molecule has 0 atom stereocenters. The zero-order chi connectivity index (χ0) is 11.0. The molecule has 0 saturated carbocycles. The Morgan fingerprint density at radius 3 is 2.73 bits per heavy atom. The molecule has 1 heterocycles. The first-order chi connectivity index (χ1) is 7.08. The van der Waals surface area contributed by atoms with Gasteiger partial charge in [-0.05, 0) is 29.8 Å². The van der Waals surface area contributed by atoms with Crippen LogP contribution in [0.1, 0.15) is 10.6 Å². The molecular weight excluding hydrogens is 223 g/mol. The second-order valence-electron chi connectivity index (χ2n) is 2.89. The maximum atomic E-state index is 12.8. The topological polar surface area (TPSA) is 47.3 Å². The highest BCUT2D eigenvalue weighted by atomic mass is 35.5. The third-order valence-electron chi connectivity index (χ3n) is 1.88. The van der Waals surface area contributed by atoms with Crippen LogP contribution in [0.4, 0.5) is 4.39 Å². The monoisotopic (exact) mass is 226 g/mol. The Morgan fingerprint density at radius 1 is 1.33 bits per heavy atom. The number of halogens is 2. The van der Waals surface area contributed by atoms with Crippen LogP contribution in [0.15, 0.2) is 33.5 Å². The first-order valence-corrected chi connectivity index (χ1v) is 4.39. The van der Waals surface area contributed by atoms with Crippen molar-refractivity contribution in [1.82, 2.24) is 0 Å². The maximum Gasteiger partial charge on any atom is 0.287 e. The molecule has 5 heteroatoms. The van der Waals surface area contributed by atoms with Gasteiger partial charge in [-0.3, -0.25) is 9.59 Å². The number of fused-ring (bicyclic) bond motifs is 1. The van der Waals surface area contributed by atoms with E-state index >= 15 is 0 Å². The summed E-state index contributed by atoms with van der Waals surface area (Å²) < 4.78 is 17.8. The zero-order valence-electron chi connectivity index (χ0n) is 7.29. The molecule has 0 aliphatic rings. The number of hydrogen-bond donors (Lipinski definition) is 0. The van der Waals surface area contributed by atoms with E-state index in [0.29, 0.717) is 0 Å². The van der Waals surface area contributed by atoms with Crippen LogP contribution in [-0.2, 0) is 0 Å². The highest BCUT2D eigenvalue weighted by Crippen LogP contribution is 2.14. The van der Waals surface area contributed by atoms with Crippen LogP contribution in [0.5, 0.6) is 0 Å². The second kappa shape index (κ2) is 3.47. The minimum atomic E-state index is -0.863. The van der Waals surface area contributed by atoms with Gasteiger partial charge in [0.15, 0.2) is 11.2 Å². The van der Waals surface area contributed by atoms with Crippen molar-refractivity contribution < 1.29 is 13.6 Å². The Morgan fingerprint density at radius 2 is 2.07 bits per heavy atom. The minimum absolute atomic E-state index is 0.0802. The highest BCUT2D eigenvalue weighted by Gasteiger charge is 2.10. The predicted molar refractivity (Wildman–Crippen MR) is 52.6 cm³/mol. The first-order valence-electron chi connectivity index (χ1n) is 4.01. The van der Waals surface area contributed by atoms with Crippen LogP contribution in [0.3, 0.4) is 0 Å². The van der Waals surface area contributed by atoms with Crippen molar-refractivity contribution in [2.24, 2.45) is 0 Å². The molecule has 0 radical (unpaired) electrons. The normalized spacial score (nSPS) is 10.5. The van der Waals surface area contributed by atoms with Crippen molar-refractivity contribution in [2.45, 2.75) is 0 Å². The SMILES string of the molecule is O=C(Cl)c1cc(=O)c2cc(F)ccc2o1. The van der Waals surface area contributed by atoms with Gasteiger partial charge in [-0.2, -0.15) is 0 Å². The number of rotatable bonds is 1. The van der Waals surface area contributed by atoms with Crippen molar-refractivity contribution >= 4 is 27.8 Å². The fraction of sp³-hybridized carbons (Fsp3) is 0. The van der Waals surface area contributed by atoms with E-state index in [-0.39, 0.29) is 16.7 Å². The third kappa shape index (κ3) is 1.76. The summed E-state index contributed by atoms with van der Waals surface area (Å²) in [5.74, 6) is -0.791. The van der Waals surface area contributed by atoms with Crippen LogP contribution in [-0.4, -0.2) is 5.24 Å². The summed E-state index contributed by atoms with van der Waals surface area (Å²) in [6.07, 6.45) is 0. The zero-order valence-corrected chi connectivity index (χ0v) is 8.05. The molecule has 1 aromatic heterocycles. The molecule has 0 unspecified atom stereocenters. The largest absolute Gasteiger partial charge is 0.451 e. The van der Waals surface area contributed by atoms with E-state index in [9.17, 15) is 14.0 Å². The van der Waals surface area contributed by atoms with E-state index in [1.807, 2.05) is 0 Å². The molecule has 1 aromatic carbocycles. The average molecular weight is 227 g/mol. The predicted octanol–water partition coefficient (Wildman–Crippen LogP) is 2.31. The van der Waals surface area contributed by atoms with E-state index in [1.54, 1.807) is 0 Å². The summed E-state index contributed by atoms with van der Waals surface area (Å²) in [5, 5.41) is -0.782. The lowest BCUT2D eigenvalue weighted by Crippen LogP contribution is -2.04. The number of benzene rings is 1. The van der Waals surface area contributed by atoms with Gasteiger partial charge in [0.2, 0.25) is 0 Å². The third-order valence-corrected chi connectivity index (χ3v) is 2.07. The summed E-state index contributed by atoms with van der Waals surface area (Å²) in [4.78, 5) is 22.2. The number of carbonyl (C=O) groups is 1. The molecular formula is C10H4ClFO3. The molecule has 0 spiro atoms. The fourth-order valence-electron chi connectivity index (χ4n) is 1.23. The lowest BCUT2D eigenvalue weighted by molar-refractivity contribution is 0.105. The summed E-state index contributed by atoms with van der Waals surface area (Å²) in [5.41, 5.74) is -0.368. The summed E-state index contributed by atoms with van der Waals surface area (Å²) in [7, 11) is 0. The molecule has 15 heavy (non-hydrogen) atoms. The van der Waals surface area contributed by atoms with Crippen molar-refractivity contribution in [3.8, 4) is 0 Å². The van der Waals surface area contributed by atoms with Gasteiger partial charge in [0.1, 0.15) is 11.4 Å². The van der Waals surface area contributed by atoms with Crippen LogP contribution in [0.2, 0.25) is 0 Å². The highest BCUT2D eigenvalue weighted by molar-refractivity contribution is 6.67. The molecule has 0 saturated heterocycles. The van der Waals surface area contributed by atoms with Gasteiger partial charge < -0.3 is 4.42 Å². The van der Waals surface area contributed by atoms with E-state index in [1.165, 1.54) is 6.07 Å². The van der Waals surface area contributed by atoms with Crippen LogP contribution in [0, 0.1) is 5.82 Å². The molecule has 0 amide bonds. The van der Waals surface area contributed by atoms with E-state index in [4.69, 9.17) is 16.0 Å². The molecule has 0 N–H and O–H groups in total. The second-order valence-corrected chi connectivity index (χ2v) is 3.23. The quantitative estimate of drug-likeness (QED) is 0.701. The molecule has 0 fully saturated rings. The lowest BCUT2D eigenvalue weighted by Gasteiger charge is -1.98. The Labute approximate surface area is 88.1 Å². The summed E-state index contributed by atoms with van der Waals surface area (Å²) in [6, 6.07) is 4.39. The van der Waals surface area contributed by atoms with Crippen molar-refractivity contribution in [3.05, 3.63) is 46.1 Å². The Bertz CT molecular complexity index is 603. The molecule has 3 nitrogen and oxygen atoms in total. The van der Waals surface area contributed by atoms with Crippen LogP contribution < -0.4 is 5.43 Å². The van der Waals surface area contributed by atoms with Crippen molar-refractivity contribution in [2.75, 3.05) is 0 Å². The number of hydrogen-bond acceptors (Lipinski definition) is 3. The molecule has 0 bridgehead atoms. The Balaban J connectivity index is 2.84. The van der Waals surface area contributed by atoms with Gasteiger partial charge in [-0.15, -0.1) is 0 Å². The lowest BCUT2D eigenvalue weighted by atomic mass is 10.2. The smallest absolute Gasteiger partial charge is 0.287 e. The molecule has 76 valence electrons. The molecule has 2 rings (SSSR count). The van der Waals surface area contributed by atoms with E-state index in [0.717, 1.165) is 18.2 Å². The molecule has 0 aliphatic heterocycles. The Kier molecular flexibility index (Phi) is 2.28. The summed E-state index contributed by atoms with van der Waals surface area (Å²) in [6.45, 7) is 0. The molecule has 0 aliphatic carbocycles. The minimum Gasteiger partial charge on any atom is -0.451 e. The summed E-state index contributed by atoms with van der Waals surface area (Å²) >= 11 is 5.16. The van der Waals surface area contributed by atoms with Crippen LogP contribution >= 0.6 is 11.6 Å².